The van der Waals surface area contributed by atoms with E-state index >= 15 is 0 Å². The van der Waals surface area contributed by atoms with Crippen molar-refractivity contribution in [2.45, 2.75) is 5.25 Å². The molecule has 7 heteroatoms. The highest BCUT2D eigenvalue weighted by molar-refractivity contribution is 7.92. The van der Waals surface area contributed by atoms with Crippen LogP contribution in [0.4, 0.5) is 0 Å². The summed E-state index contributed by atoms with van der Waals surface area (Å²) in [5.41, 5.74) is 0.311. The van der Waals surface area contributed by atoms with Crippen molar-refractivity contribution in [2.75, 3.05) is 20.0 Å². The first kappa shape index (κ1) is 14.5. The first-order chi connectivity index (χ1) is 8.43. The van der Waals surface area contributed by atoms with E-state index in [1.807, 2.05) is 0 Å². The Kier molecular flexibility index (Phi) is 4.69. The topological polar surface area (TPSA) is 96.2 Å². The molecule has 1 atom stereocenters. The van der Waals surface area contributed by atoms with Gasteiger partial charge >= 0.3 is 0 Å². The Morgan fingerprint density at radius 1 is 1.39 bits per heavy atom. The average molecular weight is 273 g/mol. The lowest BCUT2D eigenvalue weighted by Gasteiger charge is -2.14. The Labute approximate surface area is 105 Å². The zero-order chi connectivity index (χ0) is 13.8. The fourth-order valence-electron chi connectivity index (χ4n) is 1.49. The molecule has 0 aliphatic rings. The van der Waals surface area contributed by atoms with Crippen LogP contribution >= 0.6 is 0 Å². The van der Waals surface area contributed by atoms with Gasteiger partial charge in [-0.1, -0.05) is 5.16 Å². The van der Waals surface area contributed by atoms with E-state index in [1.54, 1.807) is 24.3 Å². The third-order valence-corrected chi connectivity index (χ3v) is 3.89. The number of aliphatic hydroxyl groups excluding tert-OH is 1. The van der Waals surface area contributed by atoms with Crippen LogP contribution in [-0.2, 0) is 9.84 Å². The van der Waals surface area contributed by atoms with Crippen molar-refractivity contribution in [1.82, 2.24) is 0 Å². The van der Waals surface area contributed by atoms with Gasteiger partial charge in [0.2, 0.25) is 0 Å². The van der Waals surface area contributed by atoms with Crippen molar-refractivity contribution < 1.29 is 23.5 Å². The molecule has 0 heterocycles. The highest BCUT2D eigenvalue weighted by Gasteiger charge is 2.27. The number of hydrogen-bond donors (Lipinski definition) is 2. The van der Waals surface area contributed by atoms with E-state index in [9.17, 15) is 8.42 Å². The van der Waals surface area contributed by atoms with Gasteiger partial charge in [-0.3, -0.25) is 0 Å². The molecule has 0 unspecified atom stereocenters. The molecule has 1 rings (SSSR count). The molecule has 0 amide bonds. The van der Waals surface area contributed by atoms with Crippen molar-refractivity contribution >= 4 is 15.5 Å². The quantitative estimate of drug-likeness (QED) is 0.456. The molecule has 1 aromatic carbocycles. The second-order valence-corrected chi connectivity index (χ2v) is 5.94. The van der Waals surface area contributed by atoms with Gasteiger partial charge in [0.1, 0.15) is 16.7 Å². The molecule has 0 bridgehead atoms. The molecule has 0 spiro atoms. The second-order valence-electron chi connectivity index (χ2n) is 3.71. The van der Waals surface area contributed by atoms with Crippen LogP contribution in [-0.4, -0.2) is 49.7 Å². The van der Waals surface area contributed by atoms with Gasteiger partial charge in [0.05, 0.1) is 13.7 Å². The first-order valence-electron chi connectivity index (χ1n) is 5.10. The summed E-state index contributed by atoms with van der Waals surface area (Å²) in [7, 11) is -2.06. The number of aliphatic hydroxyl groups is 1. The monoisotopic (exact) mass is 273 g/mol. The van der Waals surface area contributed by atoms with Gasteiger partial charge in [-0.25, -0.2) is 8.42 Å². The van der Waals surface area contributed by atoms with Crippen LogP contribution in [0.1, 0.15) is 5.56 Å². The highest BCUT2D eigenvalue weighted by Crippen LogP contribution is 2.15. The number of rotatable bonds is 5. The van der Waals surface area contributed by atoms with E-state index < -0.39 is 21.7 Å². The predicted octanol–water partition coefficient (Wildman–Crippen LogP) is 0.279. The van der Waals surface area contributed by atoms with Gasteiger partial charge in [0.15, 0.2) is 9.84 Å². The van der Waals surface area contributed by atoms with E-state index in [-0.39, 0.29) is 5.71 Å². The maximum Gasteiger partial charge on any atom is 0.158 e. The molecular formula is C11H15NO5S. The van der Waals surface area contributed by atoms with Gasteiger partial charge in [-0.15, -0.1) is 0 Å². The third kappa shape index (κ3) is 3.21. The summed E-state index contributed by atoms with van der Waals surface area (Å²) in [5, 5.41) is 19.8. The molecule has 0 saturated heterocycles. The Morgan fingerprint density at radius 2 is 1.94 bits per heavy atom. The molecule has 0 aliphatic carbocycles. The molecule has 0 fully saturated rings. The van der Waals surface area contributed by atoms with Crippen molar-refractivity contribution in [2.24, 2.45) is 5.16 Å². The smallest absolute Gasteiger partial charge is 0.158 e. The van der Waals surface area contributed by atoms with Gasteiger partial charge in [0, 0.05) is 11.8 Å². The number of hydrogen-bond acceptors (Lipinski definition) is 6. The summed E-state index contributed by atoms with van der Waals surface area (Å²) in [6.07, 6.45) is 0.975. The van der Waals surface area contributed by atoms with E-state index in [0.717, 1.165) is 6.26 Å². The Morgan fingerprint density at radius 3 is 2.28 bits per heavy atom. The van der Waals surface area contributed by atoms with Crippen molar-refractivity contribution in [1.29, 1.82) is 0 Å². The molecule has 2 N–H and O–H groups in total. The second kappa shape index (κ2) is 5.83. The molecule has 6 nitrogen and oxygen atoms in total. The van der Waals surface area contributed by atoms with Gasteiger partial charge in [-0.05, 0) is 24.3 Å². The van der Waals surface area contributed by atoms with Crippen LogP contribution in [0.5, 0.6) is 5.75 Å². The van der Waals surface area contributed by atoms with E-state index in [0.29, 0.717) is 11.3 Å². The number of oxime groups is 1. The standard InChI is InChI=1S/C11H15NO5S/c1-17-9-5-3-8(4-6-9)11(12-14)10(7-13)18(2,15)16/h3-6,10,13-14H,7H2,1-2H3/b12-11-/t10-/m1/s1. The minimum atomic E-state index is -3.56. The SMILES string of the molecule is COc1ccc(/C(=N/O)[C@@H](CO)S(C)(=O)=O)cc1. The van der Waals surface area contributed by atoms with Crippen molar-refractivity contribution in [3.8, 4) is 5.75 Å². The van der Waals surface area contributed by atoms with E-state index in [2.05, 4.69) is 5.16 Å². The van der Waals surface area contributed by atoms with Gasteiger partial charge in [-0.2, -0.15) is 0 Å². The van der Waals surface area contributed by atoms with Crippen LogP contribution < -0.4 is 4.74 Å². The highest BCUT2D eigenvalue weighted by atomic mass is 32.2. The number of ether oxygens (including phenoxy) is 1. The normalized spacial score (nSPS) is 14.3. The molecule has 0 radical (unpaired) electrons. The van der Waals surface area contributed by atoms with Crippen LogP contribution in [0.15, 0.2) is 29.4 Å². The lowest BCUT2D eigenvalue weighted by Crippen LogP contribution is -2.33. The molecule has 0 aliphatic heterocycles. The molecule has 0 aromatic heterocycles. The number of sulfone groups is 1. The third-order valence-electron chi connectivity index (χ3n) is 2.48. The summed E-state index contributed by atoms with van der Waals surface area (Å²) in [5.74, 6) is 0.593. The predicted molar refractivity (Wildman–Crippen MR) is 67.0 cm³/mol. The molecule has 0 saturated carbocycles. The Hall–Kier alpha value is -1.60. The summed E-state index contributed by atoms with van der Waals surface area (Å²) >= 11 is 0. The molecule has 100 valence electrons. The maximum absolute atomic E-state index is 11.5. The van der Waals surface area contributed by atoms with E-state index in [1.165, 1.54) is 7.11 Å². The lowest BCUT2D eigenvalue weighted by molar-refractivity contribution is 0.296. The molecular weight excluding hydrogens is 258 g/mol. The van der Waals surface area contributed by atoms with Crippen molar-refractivity contribution in [3.63, 3.8) is 0 Å². The molecule has 1 aromatic rings. The summed E-state index contributed by atoms with van der Waals surface area (Å²) in [4.78, 5) is 0. The number of benzene rings is 1. The van der Waals surface area contributed by atoms with Gasteiger partial charge < -0.3 is 15.1 Å². The van der Waals surface area contributed by atoms with E-state index in [4.69, 9.17) is 15.1 Å². The minimum absolute atomic E-state index is 0.0948. The van der Waals surface area contributed by atoms with Crippen LogP contribution in [0.2, 0.25) is 0 Å². The Bertz CT molecular complexity index is 521. The Balaban J connectivity index is 3.17. The maximum atomic E-state index is 11.5. The first-order valence-corrected chi connectivity index (χ1v) is 7.05. The van der Waals surface area contributed by atoms with Crippen molar-refractivity contribution in [3.05, 3.63) is 29.8 Å². The van der Waals surface area contributed by atoms with Crippen LogP contribution in [0, 0.1) is 0 Å². The summed E-state index contributed by atoms with van der Waals surface area (Å²) in [6.45, 7) is -0.649. The van der Waals surface area contributed by atoms with Crippen LogP contribution in [0.25, 0.3) is 0 Å². The fraction of sp³-hybridized carbons (Fsp3) is 0.364. The fourth-order valence-corrected chi connectivity index (χ4v) is 2.35. The largest absolute Gasteiger partial charge is 0.497 e. The number of nitrogens with zero attached hydrogens (tertiary/aromatic N) is 1. The lowest BCUT2D eigenvalue weighted by atomic mass is 10.1. The summed E-state index contributed by atoms with van der Waals surface area (Å²) < 4.78 is 27.9. The van der Waals surface area contributed by atoms with Gasteiger partial charge in [0.25, 0.3) is 0 Å². The average Bonchev–Trinajstić information content (AvgIpc) is 2.34. The zero-order valence-corrected chi connectivity index (χ0v) is 10.9. The zero-order valence-electron chi connectivity index (χ0n) is 10.1. The molecule has 18 heavy (non-hydrogen) atoms. The minimum Gasteiger partial charge on any atom is -0.497 e. The number of methoxy groups -OCH3 is 1. The summed E-state index contributed by atoms with van der Waals surface area (Å²) in [6, 6.07) is 6.33. The van der Waals surface area contributed by atoms with Crippen LogP contribution in [0.3, 0.4) is 0 Å².